The van der Waals surface area contributed by atoms with E-state index in [2.05, 4.69) is 18.8 Å². The maximum absolute atomic E-state index is 10.9. The highest BCUT2D eigenvalue weighted by molar-refractivity contribution is 7.11. The van der Waals surface area contributed by atoms with Crippen LogP contribution in [-0.4, -0.2) is 44.4 Å². The summed E-state index contributed by atoms with van der Waals surface area (Å²) in [7, 11) is 1.64. The quantitative estimate of drug-likeness (QED) is 0.346. The summed E-state index contributed by atoms with van der Waals surface area (Å²) >= 11 is 1.43. The van der Waals surface area contributed by atoms with E-state index in [0.29, 0.717) is 10.6 Å². The van der Waals surface area contributed by atoms with E-state index in [0.717, 1.165) is 33.9 Å². The molecule has 8 heteroatoms. The number of nitrogens with one attached hydrogen (secondary N) is 2. The number of H-pyrrole nitrogens is 1. The Bertz CT molecular complexity index is 1320. The molecule has 0 bridgehead atoms. The molecule has 0 amide bonds. The number of ether oxygens (including phenoxy) is 1. The van der Waals surface area contributed by atoms with Gasteiger partial charge in [-0.2, -0.15) is 0 Å². The van der Waals surface area contributed by atoms with Crippen molar-refractivity contribution in [1.82, 2.24) is 19.9 Å². The van der Waals surface area contributed by atoms with E-state index in [9.17, 15) is 5.11 Å². The average Bonchev–Trinajstić information content (AvgIpc) is 3.51. The third-order valence-corrected chi connectivity index (χ3v) is 6.75. The summed E-state index contributed by atoms with van der Waals surface area (Å²) in [5.41, 5.74) is 4.11. The summed E-state index contributed by atoms with van der Waals surface area (Å²) in [4.78, 5) is 14.8. The van der Waals surface area contributed by atoms with Gasteiger partial charge >= 0.3 is 0 Å². The van der Waals surface area contributed by atoms with Crippen LogP contribution in [0.1, 0.15) is 30.7 Å². The average molecular weight is 460 g/mol. The predicted molar refractivity (Wildman–Crippen MR) is 132 cm³/mol. The molecule has 0 fully saturated rings. The minimum absolute atomic E-state index is 0.164. The maximum Gasteiger partial charge on any atom is 0.135 e. The number of hydrogen-bond donors (Lipinski definition) is 3. The van der Waals surface area contributed by atoms with Gasteiger partial charge in [0.2, 0.25) is 0 Å². The molecule has 168 valence electrons. The Kier molecular flexibility index (Phi) is 5.38. The first-order valence-electron chi connectivity index (χ1n) is 10.8. The van der Waals surface area contributed by atoms with Crippen LogP contribution in [0.3, 0.4) is 0 Å². The van der Waals surface area contributed by atoms with Crippen LogP contribution in [0, 0.1) is 11.3 Å². The van der Waals surface area contributed by atoms with Crippen molar-refractivity contribution in [2.24, 2.45) is 5.92 Å². The first-order chi connectivity index (χ1) is 16.0. The molecule has 4 aromatic rings. The third kappa shape index (κ3) is 3.76. The molecule has 2 aromatic heterocycles. The fraction of sp³-hybridized carbons (Fsp3) is 0.240. The first-order valence-corrected chi connectivity index (χ1v) is 11.7. The molecule has 3 N–H and O–H groups in total. The van der Waals surface area contributed by atoms with Gasteiger partial charge in [0.1, 0.15) is 28.2 Å². The lowest BCUT2D eigenvalue weighted by molar-refractivity contribution is 0.240. The molecular weight excluding hydrogens is 434 g/mol. The van der Waals surface area contributed by atoms with Crippen LogP contribution in [0.5, 0.6) is 5.75 Å². The van der Waals surface area contributed by atoms with Crippen LogP contribution in [0.15, 0.2) is 59.7 Å². The second-order valence-corrected chi connectivity index (χ2v) is 9.25. The maximum atomic E-state index is 10.9. The summed E-state index contributed by atoms with van der Waals surface area (Å²) in [5.74, 6) is 2.18. The van der Waals surface area contributed by atoms with Gasteiger partial charge in [-0.1, -0.05) is 26.0 Å². The van der Waals surface area contributed by atoms with Crippen LogP contribution >= 0.6 is 11.3 Å². The second-order valence-electron chi connectivity index (χ2n) is 8.39. The Morgan fingerprint density at radius 3 is 2.58 bits per heavy atom. The van der Waals surface area contributed by atoms with E-state index in [1.807, 2.05) is 58.8 Å². The zero-order chi connectivity index (χ0) is 23.1. The molecular formula is C25H25N5O2S. The number of aliphatic hydroxyl groups is 1. The van der Waals surface area contributed by atoms with Gasteiger partial charge in [-0.15, -0.1) is 11.3 Å². The number of hydrogen-bond acceptors (Lipinski definition) is 6. The van der Waals surface area contributed by atoms with Crippen molar-refractivity contribution in [2.75, 3.05) is 13.7 Å². The number of thiazole rings is 1. The van der Waals surface area contributed by atoms with Crippen LogP contribution in [-0.2, 0) is 0 Å². The molecule has 0 unspecified atom stereocenters. The van der Waals surface area contributed by atoms with E-state index >= 15 is 0 Å². The molecule has 3 heterocycles. The van der Waals surface area contributed by atoms with Crippen molar-refractivity contribution >= 4 is 33.8 Å². The SMILES string of the molecule is COc1ccc(-c2csc(C3=C(O)CN([C@H](c4nc5ccccc5[nH]4)C(C)C)C3=N)n2)cc1. The van der Waals surface area contributed by atoms with E-state index in [-0.39, 0.29) is 30.1 Å². The standard InChI is InChI=1S/C25H25N5O2S/c1-14(2)22(24-27-17-6-4-5-7-18(17)28-24)30-12-20(31)21(23(30)26)25-29-19(13-33-25)15-8-10-16(32-3)11-9-15/h4-11,13-14,22,26,31H,12H2,1-3H3,(H,27,28)/t22-/m0/s1. The van der Waals surface area contributed by atoms with Crippen LogP contribution in [0.2, 0.25) is 0 Å². The topological polar surface area (TPSA) is 98.1 Å². The molecule has 0 aliphatic carbocycles. The summed E-state index contributed by atoms with van der Waals surface area (Å²) in [5, 5.41) is 22.4. The molecule has 0 saturated heterocycles. The monoisotopic (exact) mass is 459 g/mol. The molecule has 2 aromatic carbocycles. The lowest BCUT2D eigenvalue weighted by Crippen LogP contribution is -2.35. The number of methoxy groups -OCH3 is 1. The van der Waals surface area contributed by atoms with Crippen molar-refractivity contribution < 1.29 is 9.84 Å². The smallest absolute Gasteiger partial charge is 0.135 e. The summed E-state index contributed by atoms with van der Waals surface area (Å²) in [6.07, 6.45) is 0. The lowest BCUT2D eigenvalue weighted by Gasteiger charge is -2.31. The lowest BCUT2D eigenvalue weighted by atomic mass is 10.0. The van der Waals surface area contributed by atoms with Gasteiger partial charge < -0.3 is 19.7 Å². The van der Waals surface area contributed by atoms with Crippen LogP contribution in [0.25, 0.3) is 27.9 Å². The zero-order valence-electron chi connectivity index (χ0n) is 18.7. The zero-order valence-corrected chi connectivity index (χ0v) is 19.5. The fourth-order valence-corrected chi connectivity index (χ4v) is 5.18. The van der Waals surface area contributed by atoms with Crippen LogP contribution < -0.4 is 4.74 Å². The number of para-hydroxylation sites is 2. The fourth-order valence-electron chi connectivity index (χ4n) is 4.28. The van der Waals surface area contributed by atoms with Gasteiger partial charge in [0.05, 0.1) is 42.0 Å². The Balaban J connectivity index is 1.44. The number of aromatic amines is 1. The van der Waals surface area contributed by atoms with Crippen molar-refractivity contribution in [3.05, 3.63) is 70.5 Å². The molecule has 33 heavy (non-hydrogen) atoms. The number of aromatic nitrogens is 3. The van der Waals surface area contributed by atoms with E-state index in [1.165, 1.54) is 11.3 Å². The molecule has 7 nitrogen and oxygen atoms in total. The number of benzene rings is 2. The highest BCUT2D eigenvalue weighted by Crippen LogP contribution is 2.38. The Morgan fingerprint density at radius 2 is 1.88 bits per heavy atom. The van der Waals surface area contributed by atoms with Crippen LogP contribution in [0.4, 0.5) is 0 Å². The van der Waals surface area contributed by atoms with E-state index < -0.39 is 0 Å². The molecule has 5 rings (SSSR count). The molecule has 0 saturated carbocycles. The number of rotatable bonds is 6. The predicted octanol–water partition coefficient (Wildman–Crippen LogP) is 5.65. The first kappa shape index (κ1) is 21.2. The van der Waals surface area contributed by atoms with Gasteiger partial charge in [0.25, 0.3) is 0 Å². The Hall–Kier alpha value is -3.65. The molecule has 1 aliphatic heterocycles. The minimum atomic E-state index is -0.175. The highest BCUT2D eigenvalue weighted by atomic mass is 32.1. The van der Waals surface area contributed by atoms with Gasteiger partial charge in [0.15, 0.2) is 0 Å². The van der Waals surface area contributed by atoms with E-state index in [4.69, 9.17) is 20.1 Å². The second kappa shape index (κ2) is 8.37. The van der Waals surface area contributed by atoms with E-state index in [1.54, 1.807) is 7.11 Å². The largest absolute Gasteiger partial charge is 0.510 e. The van der Waals surface area contributed by atoms with Crippen molar-refractivity contribution in [1.29, 1.82) is 5.41 Å². The number of imidazole rings is 1. The summed E-state index contributed by atoms with van der Waals surface area (Å²) < 4.78 is 5.23. The van der Waals surface area contributed by atoms with Crippen molar-refractivity contribution in [3.8, 4) is 17.0 Å². The van der Waals surface area contributed by atoms with Gasteiger partial charge in [-0.05, 0) is 42.3 Å². The Morgan fingerprint density at radius 1 is 1.12 bits per heavy atom. The van der Waals surface area contributed by atoms with Crippen molar-refractivity contribution in [2.45, 2.75) is 19.9 Å². The normalized spacial score (nSPS) is 15.2. The number of amidine groups is 1. The van der Waals surface area contributed by atoms with Crippen molar-refractivity contribution in [3.63, 3.8) is 0 Å². The molecule has 0 spiro atoms. The molecule has 1 aliphatic rings. The Labute approximate surface area is 195 Å². The minimum Gasteiger partial charge on any atom is -0.510 e. The molecule has 0 radical (unpaired) electrons. The summed E-state index contributed by atoms with van der Waals surface area (Å²) in [6.45, 7) is 4.46. The summed E-state index contributed by atoms with van der Waals surface area (Å²) in [6, 6.07) is 15.4. The van der Waals surface area contributed by atoms with Gasteiger partial charge in [-0.25, -0.2) is 9.97 Å². The number of nitrogens with zero attached hydrogens (tertiary/aromatic N) is 3. The number of aliphatic hydroxyl groups excluding tert-OH is 1. The molecule has 1 atom stereocenters. The van der Waals surface area contributed by atoms with Gasteiger partial charge in [-0.3, -0.25) is 5.41 Å². The highest BCUT2D eigenvalue weighted by Gasteiger charge is 2.37. The number of fused-ring (bicyclic) bond motifs is 1. The van der Waals surface area contributed by atoms with Gasteiger partial charge in [0, 0.05) is 10.9 Å². The third-order valence-electron chi connectivity index (χ3n) is 5.89.